The number of aromatic nitrogens is 4. The van der Waals surface area contributed by atoms with Crippen LogP contribution in [0.5, 0.6) is 0 Å². The quantitative estimate of drug-likeness (QED) is 0.403. The molecule has 0 aromatic carbocycles. The molecule has 2 fully saturated rings. The van der Waals surface area contributed by atoms with Gasteiger partial charge in [0.05, 0.1) is 0 Å². The number of anilines is 1. The number of nitrogen functional groups attached to an aromatic ring is 1. The summed E-state index contributed by atoms with van der Waals surface area (Å²) in [6, 6.07) is -0.485. The number of ether oxygens (including phenoxy) is 1. The molecule has 0 saturated carbocycles. The van der Waals surface area contributed by atoms with Crippen LogP contribution in [0.3, 0.4) is 0 Å². The molecule has 2 saturated heterocycles. The van der Waals surface area contributed by atoms with Crippen LogP contribution in [0, 0.1) is 0 Å². The molecule has 22 heavy (non-hydrogen) atoms. The molecule has 2 aliphatic rings. The number of hydrogen-bond donors (Lipinski definition) is 3. The van der Waals surface area contributed by atoms with Crippen molar-refractivity contribution in [2.75, 3.05) is 12.3 Å². The van der Waals surface area contributed by atoms with Crippen molar-refractivity contribution >= 4 is 32.4 Å². The molecule has 0 aliphatic carbocycles. The van der Waals surface area contributed by atoms with Crippen LogP contribution in [0.15, 0.2) is 12.7 Å². The second-order valence-corrected chi connectivity index (χ2v) is 7.84. The number of hydrogen-bond acceptors (Lipinski definition) is 9. The number of rotatable bonds is 1. The summed E-state index contributed by atoms with van der Waals surface area (Å²) < 4.78 is 18.6. The van der Waals surface area contributed by atoms with Crippen molar-refractivity contribution in [1.82, 2.24) is 19.5 Å². The Labute approximate surface area is 126 Å². The molecule has 12 heteroatoms. The topological polar surface area (TPSA) is 144 Å². The Bertz CT molecular complexity index is 729. The van der Waals surface area contributed by atoms with E-state index in [0.717, 1.165) is 0 Å². The first-order valence-electron chi connectivity index (χ1n) is 6.84. The van der Waals surface area contributed by atoms with E-state index in [1.165, 1.54) is 6.33 Å². The summed E-state index contributed by atoms with van der Waals surface area (Å²) in [6.45, 7) is 0.248. The van der Waals surface area contributed by atoms with Gasteiger partial charge in [-0.05, 0) is 0 Å². The van der Waals surface area contributed by atoms with Crippen LogP contribution in [-0.2, 0) is 13.8 Å². The van der Waals surface area contributed by atoms with Gasteiger partial charge < -0.3 is 0 Å². The Morgan fingerprint density at radius 3 is 3.05 bits per heavy atom. The van der Waals surface area contributed by atoms with Crippen LogP contribution in [0.25, 0.3) is 11.2 Å². The molecular formula is C10H16BN6O4P. The van der Waals surface area contributed by atoms with E-state index >= 15 is 0 Å². The first kappa shape index (κ1) is 14.3. The number of fused-ring (bicyclic) bond motifs is 2. The minimum absolute atomic E-state index is 0.248. The maximum atomic E-state index is 9.99. The molecular weight excluding hydrogens is 310 g/mol. The predicted molar refractivity (Wildman–Crippen MR) is 81.5 cm³/mol. The van der Waals surface area contributed by atoms with Crippen LogP contribution >= 0.6 is 7.82 Å². The second-order valence-electron chi connectivity index (χ2n) is 5.52. The van der Waals surface area contributed by atoms with Crippen LogP contribution in [0.4, 0.5) is 5.82 Å². The van der Waals surface area contributed by atoms with Gasteiger partial charge in [-0.3, -0.25) is 0 Å². The summed E-state index contributed by atoms with van der Waals surface area (Å²) in [5.74, 6) is 0.294. The molecule has 0 radical (unpaired) electrons. The maximum absolute atomic E-state index is 9.99. The predicted octanol–water partition coefficient (Wildman–Crippen LogP) is -1.92. The van der Waals surface area contributed by atoms with Gasteiger partial charge in [0.2, 0.25) is 0 Å². The number of imidazole rings is 1. The fraction of sp³-hybridized carbons (Fsp3) is 0.500. The third-order valence-corrected chi connectivity index (χ3v) is 5.33. The summed E-state index contributed by atoms with van der Waals surface area (Å²) in [4.78, 5) is 22.3. The molecule has 2 aliphatic heterocycles. The van der Waals surface area contributed by atoms with Gasteiger partial charge in [0.15, 0.2) is 0 Å². The first-order chi connectivity index (χ1) is 10.5. The van der Waals surface area contributed by atoms with Gasteiger partial charge >= 0.3 is 126 Å². The van der Waals surface area contributed by atoms with Gasteiger partial charge in [0.25, 0.3) is 0 Å². The van der Waals surface area contributed by atoms with E-state index < -0.39 is 26.2 Å². The van der Waals surface area contributed by atoms with Crippen molar-refractivity contribution in [2.45, 2.75) is 24.5 Å². The summed E-state index contributed by atoms with van der Waals surface area (Å²) >= 11 is 0. The van der Waals surface area contributed by atoms with Crippen molar-refractivity contribution in [3.8, 4) is 0 Å². The van der Waals surface area contributed by atoms with E-state index in [-0.39, 0.29) is 12.7 Å². The van der Waals surface area contributed by atoms with E-state index in [1.54, 1.807) is 18.5 Å². The average molecular weight is 326 g/mol. The Kier molecular flexibility index (Phi) is 3.12. The normalized spacial score (nSPS) is 35.4. The summed E-state index contributed by atoms with van der Waals surface area (Å²) in [7, 11) is -1.57. The molecule has 2 aromatic heterocycles. The molecule has 4 atom stereocenters. The van der Waals surface area contributed by atoms with Crippen molar-refractivity contribution in [3.05, 3.63) is 12.7 Å². The molecule has 0 spiro atoms. The van der Waals surface area contributed by atoms with Crippen LogP contribution in [0.2, 0.25) is 0 Å². The van der Waals surface area contributed by atoms with Gasteiger partial charge in [-0.1, -0.05) is 0 Å². The van der Waals surface area contributed by atoms with E-state index in [4.69, 9.17) is 25.3 Å². The van der Waals surface area contributed by atoms with Gasteiger partial charge in [-0.25, -0.2) is 0 Å². The zero-order valence-corrected chi connectivity index (χ0v) is 12.8. The number of nitrogens with two attached hydrogens (primary N) is 2. The minimum atomic E-state index is -3.13. The zero-order valence-electron chi connectivity index (χ0n) is 11.8. The van der Waals surface area contributed by atoms with Crippen LogP contribution < -0.4 is 11.5 Å². The molecule has 2 aromatic rings. The molecule has 118 valence electrons. The second kappa shape index (κ2) is 4.82. The van der Waals surface area contributed by atoms with Crippen LogP contribution in [-0.4, -0.2) is 56.8 Å². The summed E-state index contributed by atoms with van der Waals surface area (Å²) in [6.07, 6.45) is 1.62. The van der Waals surface area contributed by atoms with Crippen LogP contribution in [0.1, 0.15) is 6.23 Å². The Hall–Kier alpha value is -1.36. The molecule has 0 amide bonds. The Morgan fingerprint density at radius 2 is 2.23 bits per heavy atom. The molecule has 1 unspecified atom stereocenters. The van der Waals surface area contributed by atoms with Crippen molar-refractivity contribution < 1.29 is 18.7 Å². The van der Waals surface area contributed by atoms with Crippen molar-refractivity contribution in [2.24, 2.45) is 5.73 Å². The van der Waals surface area contributed by atoms with E-state index in [2.05, 4.69) is 15.0 Å². The Balaban J connectivity index is 1.70. The number of nitrogens with zero attached hydrogens (tertiary/aromatic N) is 4. The molecule has 4 rings (SSSR count). The fourth-order valence-electron chi connectivity index (χ4n) is 2.88. The zero-order chi connectivity index (χ0) is 15.5. The summed E-state index contributed by atoms with van der Waals surface area (Å²) in [5, 5.41) is 0. The third-order valence-electron chi connectivity index (χ3n) is 3.92. The van der Waals surface area contributed by atoms with Gasteiger partial charge in [0, 0.05) is 0 Å². The third kappa shape index (κ3) is 2.09. The SMILES string of the molecule is B[PH]1(O)OC[C@H]2O[C@@H](n3cnc4c(N)ncnc43)C(N)[C@@H]2O1. The van der Waals surface area contributed by atoms with E-state index in [0.29, 0.717) is 17.0 Å². The monoisotopic (exact) mass is 326 g/mol. The van der Waals surface area contributed by atoms with Crippen molar-refractivity contribution in [1.29, 1.82) is 0 Å². The average Bonchev–Trinajstić information content (AvgIpc) is 3.01. The molecule has 10 nitrogen and oxygen atoms in total. The fourth-order valence-corrected chi connectivity index (χ4v) is 4.23. The van der Waals surface area contributed by atoms with Gasteiger partial charge in [-0.2, -0.15) is 0 Å². The Morgan fingerprint density at radius 1 is 1.41 bits per heavy atom. The first-order valence-corrected chi connectivity index (χ1v) is 9.11. The van der Waals surface area contributed by atoms with E-state index in [9.17, 15) is 4.89 Å². The molecule has 4 heterocycles. The molecule has 0 bridgehead atoms. The van der Waals surface area contributed by atoms with Crippen molar-refractivity contribution in [3.63, 3.8) is 0 Å². The van der Waals surface area contributed by atoms with Gasteiger partial charge in [-0.15, -0.1) is 0 Å². The standard InChI is InChI=1S/C10H16BN6O4P/c11-22(18)19-1-4-7(21-22)5(12)10(20-4)17-3-16-6-8(13)14-2-15-9(6)17/h2-5,7,10,18,22H,1,11-12H2,(H2,13,14,15)/t4-,5?,7-,10-/m1/s1. The van der Waals surface area contributed by atoms with E-state index in [1.807, 2.05) is 0 Å². The van der Waals surface area contributed by atoms with Gasteiger partial charge in [0.1, 0.15) is 0 Å². The molecule has 5 N–H and O–H groups in total. The summed E-state index contributed by atoms with van der Waals surface area (Å²) in [5.41, 5.74) is 13.1.